The lowest BCUT2D eigenvalue weighted by atomic mass is 10.1. The highest BCUT2D eigenvalue weighted by molar-refractivity contribution is 5.87. The molecule has 0 saturated heterocycles. The number of aliphatic hydroxyl groups is 1. The highest BCUT2D eigenvalue weighted by atomic mass is 16.6. The molecule has 5 heteroatoms. The summed E-state index contributed by atoms with van der Waals surface area (Å²) in [7, 11) is 0. The normalized spacial score (nSPS) is 11.6. The zero-order chi connectivity index (χ0) is 18.5. The second kappa shape index (κ2) is 11.6. The van der Waals surface area contributed by atoms with Crippen molar-refractivity contribution in [1.82, 2.24) is 0 Å². The molecule has 1 aromatic carbocycles. The van der Waals surface area contributed by atoms with E-state index in [1.165, 1.54) is 6.92 Å². The highest BCUT2D eigenvalue weighted by Crippen LogP contribution is 2.17. The Kier molecular flexibility index (Phi) is 10.2. The highest BCUT2D eigenvalue weighted by Gasteiger charge is 2.10. The van der Waals surface area contributed by atoms with Crippen LogP contribution in [0.2, 0.25) is 0 Å². The number of aliphatic hydroxyl groups excluding tert-OH is 1. The predicted molar refractivity (Wildman–Crippen MR) is 92.8 cm³/mol. The molecule has 5 nitrogen and oxygen atoms in total. The van der Waals surface area contributed by atoms with Crippen LogP contribution in [-0.2, 0) is 19.1 Å². The van der Waals surface area contributed by atoms with Gasteiger partial charge in [0, 0.05) is 11.6 Å². The first-order valence-electron chi connectivity index (χ1n) is 7.03. The maximum Gasteiger partial charge on any atom is 0.335 e. The molecule has 128 valence electrons. The third-order valence-electron chi connectivity index (χ3n) is 2.53. The number of ether oxygens (including phenoxy) is 2. The van der Waals surface area contributed by atoms with Gasteiger partial charge < -0.3 is 14.6 Å². The van der Waals surface area contributed by atoms with Crippen LogP contribution in [0.1, 0.15) is 18.6 Å². The Morgan fingerprint density at radius 1 is 1.08 bits per heavy atom. The Bertz CT molecular complexity index is 589. The summed E-state index contributed by atoms with van der Waals surface area (Å²) < 4.78 is 9.42. The van der Waals surface area contributed by atoms with Gasteiger partial charge in [0.05, 0.1) is 0 Å². The number of benzene rings is 1. The van der Waals surface area contributed by atoms with Gasteiger partial charge in [0.1, 0.15) is 6.10 Å². The van der Waals surface area contributed by atoms with Gasteiger partial charge in [0.2, 0.25) is 6.29 Å². The maximum atomic E-state index is 11.0. The molecule has 0 saturated carbocycles. The van der Waals surface area contributed by atoms with Gasteiger partial charge in [-0.15, -0.1) is 0 Å². The molecule has 0 aliphatic carbocycles. The number of rotatable bonds is 7. The molecule has 2 atom stereocenters. The van der Waals surface area contributed by atoms with Crippen molar-refractivity contribution < 1.29 is 24.2 Å². The lowest BCUT2D eigenvalue weighted by molar-refractivity contribution is -0.155. The monoisotopic (exact) mass is 330 g/mol. The minimum absolute atomic E-state index is 0.251. The average molecular weight is 330 g/mol. The van der Waals surface area contributed by atoms with Gasteiger partial charge in [-0.2, -0.15) is 0 Å². The molecule has 0 aromatic heterocycles. The first-order valence-corrected chi connectivity index (χ1v) is 7.03. The number of carbonyl (C=O) groups excluding carboxylic acids is 2. The van der Waals surface area contributed by atoms with E-state index in [0.29, 0.717) is 0 Å². The van der Waals surface area contributed by atoms with Crippen molar-refractivity contribution in [3.63, 3.8) is 0 Å². The van der Waals surface area contributed by atoms with Crippen LogP contribution in [0, 0.1) is 0 Å². The fourth-order valence-corrected chi connectivity index (χ4v) is 1.33. The standard InChI is InChI=1S/C12H12O2.C7H10O3/c1-3-11(14-12(13)4-2)10-8-6-5-7-9-10;1-4-6(8)10-7(9)5(2)3/h3-9,11H,1-2H2;4,6,8H,1-2H2,3H3. The third kappa shape index (κ3) is 8.51. The van der Waals surface area contributed by atoms with Gasteiger partial charge in [-0.25, -0.2) is 9.59 Å². The number of hydrogen-bond acceptors (Lipinski definition) is 5. The van der Waals surface area contributed by atoms with Crippen LogP contribution in [-0.4, -0.2) is 23.3 Å². The quantitative estimate of drug-likeness (QED) is 0.359. The molecular formula is C19H22O5. The molecule has 0 aliphatic rings. The van der Waals surface area contributed by atoms with E-state index in [0.717, 1.165) is 17.7 Å². The Labute approximate surface area is 142 Å². The van der Waals surface area contributed by atoms with Crippen molar-refractivity contribution in [2.45, 2.75) is 19.3 Å². The smallest absolute Gasteiger partial charge is 0.335 e. The molecule has 0 amide bonds. The molecule has 0 bridgehead atoms. The first-order chi connectivity index (χ1) is 11.3. The molecule has 0 radical (unpaired) electrons. The van der Waals surface area contributed by atoms with Crippen molar-refractivity contribution in [2.24, 2.45) is 0 Å². The van der Waals surface area contributed by atoms with Crippen LogP contribution < -0.4 is 0 Å². The summed E-state index contributed by atoms with van der Waals surface area (Å²) in [4.78, 5) is 21.5. The van der Waals surface area contributed by atoms with Gasteiger partial charge in [-0.3, -0.25) is 0 Å². The fraction of sp³-hybridized carbons (Fsp3) is 0.158. The third-order valence-corrected chi connectivity index (χ3v) is 2.53. The fourth-order valence-electron chi connectivity index (χ4n) is 1.33. The van der Waals surface area contributed by atoms with Crippen molar-refractivity contribution in [3.8, 4) is 0 Å². The molecule has 1 rings (SSSR count). The Morgan fingerprint density at radius 2 is 1.67 bits per heavy atom. The van der Waals surface area contributed by atoms with Crippen LogP contribution in [0.15, 0.2) is 80.4 Å². The van der Waals surface area contributed by atoms with Gasteiger partial charge in [-0.1, -0.05) is 56.6 Å². The van der Waals surface area contributed by atoms with Gasteiger partial charge in [-0.05, 0) is 24.6 Å². The number of esters is 2. The average Bonchev–Trinajstić information content (AvgIpc) is 2.60. The molecule has 24 heavy (non-hydrogen) atoms. The summed E-state index contributed by atoms with van der Waals surface area (Å²) in [5.74, 6) is -1.06. The van der Waals surface area contributed by atoms with Crippen LogP contribution >= 0.6 is 0 Å². The van der Waals surface area contributed by atoms with Crippen LogP contribution in [0.5, 0.6) is 0 Å². The lowest BCUT2D eigenvalue weighted by Crippen LogP contribution is -2.14. The number of hydrogen-bond donors (Lipinski definition) is 1. The molecular weight excluding hydrogens is 308 g/mol. The molecule has 1 aromatic rings. The Hall–Kier alpha value is -2.92. The largest absolute Gasteiger partial charge is 0.450 e. The van der Waals surface area contributed by atoms with Crippen LogP contribution in [0.3, 0.4) is 0 Å². The summed E-state index contributed by atoms with van der Waals surface area (Å²) in [6.07, 6.45) is 2.20. The second-order valence-electron chi connectivity index (χ2n) is 4.52. The van der Waals surface area contributed by atoms with E-state index in [9.17, 15) is 9.59 Å². The summed E-state index contributed by atoms with van der Waals surface area (Å²) >= 11 is 0. The lowest BCUT2D eigenvalue weighted by Gasteiger charge is -2.12. The molecule has 0 heterocycles. The van der Waals surface area contributed by atoms with E-state index in [-0.39, 0.29) is 5.57 Å². The molecule has 0 spiro atoms. The summed E-state index contributed by atoms with van der Waals surface area (Å²) in [5, 5.41) is 8.68. The van der Waals surface area contributed by atoms with Crippen molar-refractivity contribution in [2.75, 3.05) is 0 Å². The van der Waals surface area contributed by atoms with Gasteiger partial charge in [0.25, 0.3) is 0 Å². The molecule has 0 fully saturated rings. The van der Waals surface area contributed by atoms with Crippen LogP contribution in [0.4, 0.5) is 0 Å². The van der Waals surface area contributed by atoms with E-state index in [1.54, 1.807) is 6.08 Å². The van der Waals surface area contributed by atoms with E-state index in [1.807, 2.05) is 30.3 Å². The first kappa shape index (κ1) is 21.1. The van der Waals surface area contributed by atoms with E-state index in [4.69, 9.17) is 9.84 Å². The maximum absolute atomic E-state index is 11.0. The minimum Gasteiger partial charge on any atom is -0.450 e. The topological polar surface area (TPSA) is 72.8 Å². The van der Waals surface area contributed by atoms with Crippen molar-refractivity contribution >= 4 is 11.9 Å². The second-order valence-corrected chi connectivity index (χ2v) is 4.52. The summed E-state index contributed by atoms with van der Waals surface area (Å²) in [5.41, 5.74) is 1.15. The zero-order valence-corrected chi connectivity index (χ0v) is 13.7. The Morgan fingerprint density at radius 3 is 2.08 bits per heavy atom. The SMILES string of the molecule is C=CC(=O)OC(C=C)c1ccccc1.C=CC(O)OC(=O)C(=C)C. The summed E-state index contributed by atoms with van der Waals surface area (Å²) in [6.45, 7) is 15.0. The van der Waals surface area contributed by atoms with Crippen molar-refractivity contribution in [1.29, 1.82) is 0 Å². The zero-order valence-electron chi connectivity index (χ0n) is 13.7. The minimum atomic E-state index is -1.23. The summed E-state index contributed by atoms with van der Waals surface area (Å²) in [6, 6.07) is 9.42. The number of carbonyl (C=O) groups is 2. The predicted octanol–water partition coefficient (Wildman–Crippen LogP) is 3.25. The van der Waals surface area contributed by atoms with E-state index in [2.05, 4.69) is 31.1 Å². The van der Waals surface area contributed by atoms with Crippen LogP contribution in [0.25, 0.3) is 0 Å². The van der Waals surface area contributed by atoms with E-state index < -0.39 is 24.3 Å². The van der Waals surface area contributed by atoms with Gasteiger partial charge >= 0.3 is 11.9 Å². The van der Waals surface area contributed by atoms with Crippen molar-refractivity contribution in [3.05, 3.63) is 86.0 Å². The Balaban J connectivity index is 0.000000470. The molecule has 2 unspecified atom stereocenters. The molecule has 1 N–H and O–H groups in total. The van der Waals surface area contributed by atoms with E-state index >= 15 is 0 Å². The van der Waals surface area contributed by atoms with Gasteiger partial charge in [0.15, 0.2) is 0 Å². The molecule has 0 aliphatic heterocycles.